The highest BCUT2D eigenvalue weighted by molar-refractivity contribution is 5.82. The van der Waals surface area contributed by atoms with E-state index >= 15 is 0 Å². The van der Waals surface area contributed by atoms with Crippen LogP contribution in [0.15, 0.2) is 30.3 Å². The Kier molecular flexibility index (Phi) is 6.09. The largest absolute Gasteiger partial charge is 0.634 e. The molecule has 2 rings (SSSR count). The Balaban J connectivity index is 0.00000200. The van der Waals surface area contributed by atoms with Crippen LogP contribution in [0.1, 0.15) is 12.5 Å². The Morgan fingerprint density at radius 3 is 2.75 bits per heavy atom. The topological polar surface area (TPSA) is 105 Å². The number of amides is 1. The Bertz CT molecular complexity index is 427. The number of hydrogen-bond acceptors (Lipinski definition) is 3. The summed E-state index contributed by atoms with van der Waals surface area (Å²) in [5.41, 5.74) is 7.06. The summed E-state index contributed by atoms with van der Waals surface area (Å²) in [6.07, 6.45) is 0.539. The number of carbonyl (C=O) groups excluding carboxylic acids is 1. The van der Waals surface area contributed by atoms with Gasteiger partial charge in [0.2, 0.25) is 5.91 Å². The third-order valence-corrected chi connectivity index (χ3v) is 3.59. The second kappa shape index (κ2) is 7.35. The summed E-state index contributed by atoms with van der Waals surface area (Å²) in [7, 11) is 0. The van der Waals surface area contributed by atoms with Crippen molar-refractivity contribution >= 4 is 5.91 Å². The second-order valence-corrected chi connectivity index (χ2v) is 5.17. The van der Waals surface area contributed by atoms with Crippen LogP contribution in [-0.2, 0) is 11.2 Å². The molecule has 20 heavy (non-hydrogen) atoms. The number of benzene rings is 1. The molecule has 6 nitrogen and oxygen atoms in total. The van der Waals surface area contributed by atoms with Gasteiger partial charge in [0.15, 0.2) is 0 Å². The lowest BCUT2D eigenvalue weighted by Crippen LogP contribution is -3.11. The van der Waals surface area contributed by atoms with Crippen LogP contribution >= 0.6 is 0 Å². The first kappa shape index (κ1) is 16.6. The van der Waals surface area contributed by atoms with Gasteiger partial charge in [-0.05, 0) is 18.9 Å². The fourth-order valence-corrected chi connectivity index (χ4v) is 2.50. The van der Waals surface area contributed by atoms with Crippen LogP contribution in [0.25, 0.3) is 0 Å². The van der Waals surface area contributed by atoms with Crippen LogP contribution in [0.4, 0.5) is 0 Å². The van der Waals surface area contributed by atoms with E-state index in [0.29, 0.717) is 26.1 Å². The number of carbonyl (C=O) groups is 1. The van der Waals surface area contributed by atoms with E-state index in [0.717, 1.165) is 5.56 Å². The summed E-state index contributed by atoms with van der Waals surface area (Å²) in [4.78, 5) is 14.1. The molecule has 1 saturated heterocycles. The molecular weight excluding hydrogens is 258 g/mol. The standard InChI is InChI=1S/C14H21N3O2.H2O/c1-11-10-16(19)7-8-17(11)14(18)13(15)9-12-5-3-2-4-6-12;/h2-6,11,13,16H,7-10,15H2,1H3;1H2/t11?,13-;/m0./s1. The van der Waals surface area contributed by atoms with Gasteiger partial charge >= 0.3 is 0 Å². The van der Waals surface area contributed by atoms with E-state index in [4.69, 9.17) is 5.73 Å². The summed E-state index contributed by atoms with van der Waals surface area (Å²) in [6.45, 7) is 3.31. The van der Waals surface area contributed by atoms with E-state index in [1.807, 2.05) is 37.3 Å². The average molecular weight is 281 g/mol. The molecule has 1 aromatic carbocycles. The van der Waals surface area contributed by atoms with Crippen LogP contribution < -0.4 is 10.8 Å². The van der Waals surface area contributed by atoms with Crippen molar-refractivity contribution in [2.75, 3.05) is 19.6 Å². The smallest absolute Gasteiger partial charge is 0.240 e. The first-order chi connectivity index (χ1) is 9.08. The van der Waals surface area contributed by atoms with Crippen LogP contribution in [0.3, 0.4) is 0 Å². The number of quaternary nitrogens is 1. The van der Waals surface area contributed by atoms with Gasteiger partial charge in [0, 0.05) is 0 Å². The Hall–Kier alpha value is -1.47. The molecule has 0 aromatic heterocycles. The van der Waals surface area contributed by atoms with Gasteiger partial charge in [-0.2, -0.15) is 0 Å². The maximum absolute atomic E-state index is 12.3. The highest BCUT2D eigenvalue weighted by atomic mass is 16.5. The van der Waals surface area contributed by atoms with Crippen molar-refractivity contribution in [3.05, 3.63) is 41.1 Å². The van der Waals surface area contributed by atoms with E-state index in [1.54, 1.807) is 4.90 Å². The summed E-state index contributed by atoms with van der Waals surface area (Å²) < 4.78 is 0. The van der Waals surface area contributed by atoms with E-state index in [2.05, 4.69) is 0 Å². The van der Waals surface area contributed by atoms with E-state index < -0.39 is 6.04 Å². The predicted octanol–water partition coefficient (Wildman–Crippen LogP) is -1.65. The zero-order valence-corrected chi connectivity index (χ0v) is 11.7. The van der Waals surface area contributed by atoms with Crippen molar-refractivity contribution in [2.24, 2.45) is 5.73 Å². The maximum Gasteiger partial charge on any atom is 0.240 e. The number of rotatable bonds is 3. The Morgan fingerprint density at radius 2 is 2.15 bits per heavy atom. The van der Waals surface area contributed by atoms with Crippen LogP contribution in [0.2, 0.25) is 0 Å². The predicted molar refractivity (Wildman–Crippen MR) is 77.0 cm³/mol. The average Bonchev–Trinajstić information content (AvgIpc) is 2.39. The Labute approximate surface area is 119 Å². The third-order valence-electron chi connectivity index (χ3n) is 3.59. The normalized spacial score (nSPS) is 23.9. The number of nitrogens with zero attached hydrogens (tertiary/aromatic N) is 1. The van der Waals surface area contributed by atoms with Gasteiger partial charge in [-0.15, -0.1) is 0 Å². The lowest BCUT2D eigenvalue weighted by molar-refractivity contribution is -0.855. The molecule has 1 aliphatic rings. The van der Waals surface area contributed by atoms with E-state index in [-0.39, 0.29) is 22.5 Å². The minimum atomic E-state index is -0.530. The fourth-order valence-electron chi connectivity index (χ4n) is 2.50. The number of hydroxylamine groups is 2. The van der Waals surface area contributed by atoms with Gasteiger partial charge in [-0.1, -0.05) is 30.3 Å². The van der Waals surface area contributed by atoms with E-state index in [1.165, 1.54) is 0 Å². The molecule has 0 radical (unpaired) electrons. The van der Waals surface area contributed by atoms with Gasteiger partial charge in [0.1, 0.15) is 0 Å². The minimum Gasteiger partial charge on any atom is -0.634 e. The van der Waals surface area contributed by atoms with Crippen molar-refractivity contribution in [2.45, 2.75) is 25.4 Å². The molecule has 0 spiro atoms. The molecule has 1 aliphatic heterocycles. The monoisotopic (exact) mass is 281 g/mol. The summed E-state index contributed by atoms with van der Waals surface area (Å²) in [6, 6.07) is 9.19. The molecule has 1 fully saturated rings. The molecule has 1 amide bonds. The van der Waals surface area contributed by atoms with Gasteiger partial charge in [-0.3, -0.25) is 4.79 Å². The quantitative estimate of drug-likeness (QED) is 0.648. The van der Waals surface area contributed by atoms with Crippen molar-refractivity contribution in [1.82, 2.24) is 4.90 Å². The number of hydrogen-bond donors (Lipinski definition) is 2. The molecular formula is C14H23N3O3. The third kappa shape index (κ3) is 4.01. The first-order valence-electron chi connectivity index (χ1n) is 6.69. The van der Waals surface area contributed by atoms with Crippen LogP contribution in [0, 0.1) is 5.21 Å². The van der Waals surface area contributed by atoms with Crippen molar-refractivity contribution in [1.29, 1.82) is 0 Å². The molecule has 0 aliphatic carbocycles. The summed E-state index contributed by atoms with van der Waals surface area (Å²) >= 11 is 0. The molecule has 0 bridgehead atoms. The minimum absolute atomic E-state index is 0. The van der Waals surface area contributed by atoms with Gasteiger partial charge in [-0.25, -0.2) is 0 Å². The molecule has 1 heterocycles. The van der Waals surface area contributed by atoms with Gasteiger partial charge in [0.05, 0.1) is 31.7 Å². The second-order valence-electron chi connectivity index (χ2n) is 5.17. The summed E-state index contributed by atoms with van der Waals surface area (Å²) in [5, 5.41) is 11.6. The Morgan fingerprint density at radius 1 is 1.50 bits per heavy atom. The molecule has 1 aromatic rings. The SMILES string of the molecule is CC1C[NH+]([O-])CCN1C(=O)[C@@H](N)Cc1ccccc1.O. The molecule has 0 saturated carbocycles. The fraction of sp³-hybridized carbons (Fsp3) is 0.500. The molecule has 112 valence electrons. The molecule has 2 unspecified atom stereocenters. The van der Waals surface area contributed by atoms with Crippen molar-refractivity contribution in [3.8, 4) is 0 Å². The summed E-state index contributed by atoms with van der Waals surface area (Å²) in [5.74, 6) is -0.0520. The van der Waals surface area contributed by atoms with Gasteiger partial charge in [0.25, 0.3) is 0 Å². The highest BCUT2D eigenvalue weighted by Crippen LogP contribution is 2.07. The highest BCUT2D eigenvalue weighted by Gasteiger charge is 2.30. The van der Waals surface area contributed by atoms with Crippen molar-refractivity contribution < 1.29 is 15.3 Å². The number of piperazine rings is 1. The molecule has 3 atom stereocenters. The zero-order chi connectivity index (χ0) is 13.8. The molecule has 6 heteroatoms. The van der Waals surface area contributed by atoms with Crippen LogP contribution in [-0.4, -0.2) is 48.0 Å². The van der Waals surface area contributed by atoms with Gasteiger partial charge < -0.3 is 26.4 Å². The lowest BCUT2D eigenvalue weighted by atomic mass is 10.0. The molecule has 5 N–H and O–H groups in total. The number of nitrogens with one attached hydrogen (secondary N) is 1. The lowest BCUT2D eigenvalue weighted by Gasteiger charge is -2.40. The first-order valence-corrected chi connectivity index (χ1v) is 6.69. The van der Waals surface area contributed by atoms with Crippen molar-refractivity contribution in [3.63, 3.8) is 0 Å². The van der Waals surface area contributed by atoms with Crippen LogP contribution in [0.5, 0.6) is 0 Å². The maximum atomic E-state index is 12.3. The number of nitrogens with two attached hydrogens (primary N) is 1. The zero-order valence-electron chi connectivity index (χ0n) is 11.7. The van der Waals surface area contributed by atoms with E-state index in [9.17, 15) is 10.0 Å².